The number of hydrogen-bond acceptors (Lipinski definition) is 7. The van der Waals surface area contributed by atoms with Crippen LogP contribution in [0.5, 0.6) is 0 Å². The lowest BCUT2D eigenvalue weighted by Gasteiger charge is -2.32. The Balaban J connectivity index is 0.000000517. The number of amides is 1. The number of hydrogen-bond donors (Lipinski definition) is 4. The number of benzene rings is 2. The third-order valence-corrected chi connectivity index (χ3v) is 7.79. The van der Waals surface area contributed by atoms with Gasteiger partial charge in [0.25, 0.3) is 5.91 Å². The fraction of sp³-hybridized carbons (Fsp3) is 0.433. The van der Waals surface area contributed by atoms with Crippen LogP contribution in [-0.4, -0.2) is 64.1 Å². The van der Waals surface area contributed by atoms with Gasteiger partial charge in [0.2, 0.25) is 0 Å². The molecule has 4 N–H and O–H groups in total. The van der Waals surface area contributed by atoms with Crippen LogP contribution in [-0.2, 0) is 11.3 Å². The number of alkyl halides is 3. The Bertz CT molecular complexity index is 1330. The summed E-state index contributed by atoms with van der Waals surface area (Å²) in [4.78, 5) is 22.8. The van der Waals surface area contributed by atoms with Gasteiger partial charge in [-0.2, -0.15) is 13.2 Å². The van der Waals surface area contributed by atoms with Gasteiger partial charge in [-0.05, 0) is 87.5 Å². The maximum absolute atomic E-state index is 11.5. The lowest BCUT2D eigenvalue weighted by molar-refractivity contribution is -0.192. The number of carboxylic acid groups (broad SMARTS) is 1. The molecule has 12 heteroatoms. The molecule has 1 aromatic heterocycles. The van der Waals surface area contributed by atoms with Crippen molar-refractivity contribution in [1.82, 2.24) is 20.9 Å². The maximum atomic E-state index is 11.5. The van der Waals surface area contributed by atoms with E-state index in [2.05, 4.69) is 39.6 Å². The molecule has 1 aliphatic heterocycles. The van der Waals surface area contributed by atoms with Crippen molar-refractivity contribution in [2.45, 2.75) is 57.8 Å². The van der Waals surface area contributed by atoms with Gasteiger partial charge in [-0.1, -0.05) is 41.6 Å². The Hall–Kier alpha value is -3.74. The second-order valence-electron chi connectivity index (χ2n) is 10.8. The molecule has 2 atom stereocenters. The van der Waals surface area contributed by atoms with Crippen molar-refractivity contribution in [3.05, 3.63) is 76.7 Å². The summed E-state index contributed by atoms with van der Waals surface area (Å²) in [5, 5.41) is 23.8. The summed E-state index contributed by atoms with van der Waals surface area (Å²) < 4.78 is 37.1. The number of hydroxylamine groups is 1. The summed E-state index contributed by atoms with van der Waals surface area (Å²) in [6.07, 6.45) is -1.45. The van der Waals surface area contributed by atoms with Crippen LogP contribution in [0.3, 0.4) is 0 Å². The Labute approximate surface area is 241 Å². The Kier molecular flexibility index (Phi) is 10.0. The topological polar surface area (TPSA) is 128 Å². The number of carboxylic acids is 1. The molecule has 1 amide bonds. The summed E-state index contributed by atoms with van der Waals surface area (Å²) in [6, 6.07) is 16.9. The van der Waals surface area contributed by atoms with Gasteiger partial charge < -0.3 is 14.9 Å². The molecule has 1 saturated heterocycles. The maximum Gasteiger partial charge on any atom is 0.490 e. The molecule has 3 aromatic rings. The highest BCUT2D eigenvalue weighted by Gasteiger charge is 2.39. The Morgan fingerprint density at radius 2 is 1.67 bits per heavy atom. The Morgan fingerprint density at radius 3 is 2.19 bits per heavy atom. The number of nitrogens with zero attached hydrogens (tertiary/aromatic N) is 2. The second-order valence-corrected chi connectivity index (χ2v) is 10.8. The van der Waals surface area contributed by atoms with Gasteiger partial charge in [0.15, 0.2) is 0 Å². The number of aryl methyl sites for hydroxylation is 2. The van der Waals surface area contributed by atoms with E-state index in [9.17, 15) is 18.0 Å². The lowest BCUT2D eigenvalue weighted by Crippen LogP contribution is -2.37. The fourth-order valence-corrected chi connectivity index (χ4v) is 5.33. The van der Waals surface area contributed by atoms with Gasteiger partial charge in [0, 0.05) is 29.6 Å². The minimum absolute atomic E-state index is 0.468. The van der Waals surface area contributed by atoms with Crippen molar-refractivity contribution < 1.29 is 37.6 Å². The highest BCUT2D eigenvalue weighted by molar-refractivity contribution is 5.93. The largest absolute Gasteiger partial charge is 0.490 e. The minimum Gasteiger partial charge on any atom is -0.475 e. The van der Waals surface area contributed by atoms with Crippen molar-refractivity contribution >= 4 is 11.9 Å². The first kappa shape index (κ1) is 31.2. The van der Waals surface area contributed by atoms with E-state index in [1.807, 2.05) is 26.0 Å². The van der Waals surface area contributed by atoms with Crippen molar-refractivity contribution in [2.24, 2.45) is 5.92 Å². The van der Waals surface area contributed by atoms with Gasteiger partial charge >= 0.3 is 12.1 Å². The molecule has 5 rings (SSSR count). The molecule has 0 radical (unpaired) electrons. The van der Waals surface area contributed by atoms with Crippen molar-refractivity contribution in [1.29, 1.82) is 0 Å². The molecule has 1 aliphatic carbocycles. The molecule has 226 valence electrons. The zero-order valence-corrected chi connectivity index (χ0v) is 23.4. The number of halogens is 3. The third-order valence-electron chi connectivity index (χ3n) is 7.79. The van der Waals surface area contributed by atoms with Gasteiger partial charge in [-0.3, -0.25) is 14.9 Å². The number of nitrogens with one attached hydrogen (secondary N) is 2. The number of aliphatic carboxylic acids is 1. The first-order chi connectivity index (χ1) is 20.0. The molecule has 2 fully saturated rings. The monoisotopic (exact) mass is 588 g/mol. The van der Waals surface area contributed by atoms with Crippen LogP contribution in [0.2, 0.25) is 0 Å². The molecule has 42 heavy (non-hydrogen) atoms. The van der Waals surface area contributed by atoms with Gasteiger partial charge in [-0.25, -0.2) is 10.3 Å². The third kappa shape index (κ3) is 8.17. The molecule has 9 nitrogen and oxygen atoms in total. The normalized spacial score (nSPS) is 19.1. The number of carbonyl (C=O) groups is 2. The van der Waals surface area contributed by atoms with Crippen LogP contribution < -0.4 is 10.8 Å². The van der Waals surface area contributed by atoms with E-state index in [4.69, 9.17) is 19.6 Å². The number of rotatable bonds is 8. The van der Waals surface area contributed by atoms with Crippen LogP contribution in [0.1, 0.15) is 58.1 Å². The van der Waals surface area contributed by atoms with Crippen LogP contribution in [0.25, 0.3) is 11.1 Å². The summed E-state index contributed by atoms with van der Waals surface area (Å²) in [5.41, 5.74) is 7.97. The SMILES string of the molecule is Cc1noc(C)c1-c1ccc(C2CC2NCC2CCN(Cc3ccc(C(=O)NO)cc3)CC2)cc1.O=C(O)C(F)(F)F. The van der Waals surface area contributed by atoms with Gasteiger partial charge in [0.05, 0.1) is 5.69 Å². The highest BCUT2D eigenvalue weighted by atomic mass is 19.4. The molecule has 0 bridgehead atoms. The zero-order chi connectivity index (χ0) is 30.4. The molecule has 2 unspecified atom stereocenters. The quantitative estimate of drug-likeness (QED) is 0.212. The van der Waals surface area contributed by atoms with Crippen LogP contribution in [0.15, 0.2) is 53.1 Å². The van der Waals surface area contributed by atoms with E-state index in [0.717, 1.165) is 49.1 Å². The molecular formula is C30H35F3N4O5. The van der Waals surface area contributed by atoms with Crippen LogP contribution in [0, 0.1) is 19.8 Å². The van der Waals surface area contributed by atoms with Crippen LogP contribution in [0.4, 0.5) is 13.2 Å². The summed E-state index contributed by atoms with van der Waals surface area (Å²) in [7, 11) is 0. The Morgan fingerprint density at radius 1 is 1.05 bits per heavy atom. The van der Waals surface area contributed by atoms with E-state index in [1.165, 1.54) is 36.0 Å². The first-order valence-electron chi connectivity index (χ1n) is 13.8. The number of carbonyl (C=O) groups excluding carboxylic acids is 1. The smallest absolute Gasteiger partial charge is 0.475 e. The molecule has 1 saturated carbocycles. The summed E-state index contributed by atoms with van der Waals surface area (Å²) in [6.45, 7) is 8.15. The van der Waals surface area contributed by atoms with Crippen molar-refractivity contribution in [3.63, 3.8) is 0 Å². The lowest BCUT2D eigenvalue weighted by atomic mass is 9.96. The zero-order valence-electron chi connectivity index (χ0n) is 23.4. The average Bonchev–Trinajstić information content (AvgIpc) is 3.68. The van der Waals surface area contributed by atoms with Gasteiger partial charge in [0.1, 0.15) is 5.76 Å². The number of likely N-dealkylation sites (tertiary alicyclic amines) is 1. The van der Waals surface area contributed by atoms with Crippen molar-refractivity contribution in [3.8, 4) is 11.1 Å². The first-order valence-corrected chi connectivity index (χ1v) is 13.8. The molecule has 2 aromatic carbocycles. The minimum atomic E-state index is -5.08. The number of piperidine rings is 1. The van der Waals surface area contributed by atoms with Crippen LogP contribution >= 0.6 is 0 Å². The van der Waals surface area contributed by atoms with E-state index in [0.29, 0.717) is 17.5 Å². The van der Waals surface area contributed by atoms with Crippen molar-refractivity contribution in [2.75, 3.05) is 19.6 Å². The summed E-state index contributed by atoms with van der Waals surface area (Å²) in [5.74, 6) is -1.02. The van der Waals surface area contributed by atoms with Gasteiger partial charge in [-0.15, -0.1) is 0 Å². The molecule has 2 heterocycles. The molecule has 0 spiro atoms. The molecular weight excluding hydrogens is 553 g/mol. The van der Waals surface area contributed by atoms with E-state index in [1.54, 1.807) is 17.6 Å². The fourth-order valence-electron chi connectivity index (χ4n) is 5.33. The second kappa shape index (κ2) is 13.5. The average molecular weight is 589 g/mol. The predicted octanol–water partition coefficient (Wildman–Crippen LogP) is 5.07. The molecule has 2 aliphatic rings. The standard InChI is InChI=1S/C28H34N4O3.C2HF3O2/c1-18-27(19(2)35-31-18)23-9-7-22(8-10-23)25-15-26(25)29-16-20-11-13-32(14-12-20)17-21-3-5-24(6-4-21)28(33)30-34;3-2(4,5)1(6)7/h3-10,20,25-26,29,34H,11-17H2,1-2H3,(H,30,33);(H,6,7). The summed E-state index contributed by atoms with van der Waals surface area (Å²) >= 11 is 0. The highest BCUT2D eigenvalue weighted by Crippen LogP contribution is 2.42. The van der Waals surface area contributed by atoms with E-state index >= 15 is 0 Å². The number of aromatic nitrogens is 1. The van der Waals surface area contributed by atoms with E-state index in [-0.39, 0.29) is 0 Å². The predicted molar refractivity (Wildman–Crippen MR) is 148 cm³/mol. The van der Waals surface area contributed by atoms with E-state index < -0.39 is 18.1 Å².